The molecule has 16 heavy (non-hydrogen) atoms. The third kappa shape index (κ3) is 3.19. The second-order valence-corrected chi connectivity index (χ2v) is 4.49. The first-order chi connectivity index (χ1) is 6.71. The van der Waals surface area contributed by atoms with Gasteiger partial charge >= 0.3 is 0 Å². The van der Waals surface area contributed by atoms with Crippen molar-refractivity contribution in [2.75, 3.05) is 0 Å². The third-order valence-corrected chi connectivity index (χ3v) is 3.51. The van der Waals surface area contributed by atoms with Crippen LogP contribution in [0.25, 0.3) is 0 Å². The predicted octanol–water partition coefficient (Wildman–Crippen LogP) is 3.31. The molecule has 1 aromatic rings. The van der Waals surface area contributed by atoms with Crippen LogP contribution in [0.3, 0.4) is 0 Å². The van der Waals surface area contributed by atoms with Gasteiger partial charge < -0.3 is 5.11 Å². The van der Waals surface area contributed by atoms with Gasteiger partial charge in [-0.25, -0.2) is 0 Å². The van der Waals surface area contributed by atoms with Gasteiger partial charge in [-0.15, -0.1) is 0 Å². The molecule has 0 radical (unpaired) electrons. The molecule has 0 aliphatic heterocycles. The van der Waals surface area contributed by atoms with Gasteiger partial charge in [0.25, 0.3) is 0 Å². The molecule has 0 aromatic heterocycles. The summed E-state index contributed by atoms with van der Waals surface area (Å²) >= 11 is 0. The van der Waals surface area contributed by atoms with Gasteiger partial charge in [-0.05, 0) is 31.2 Å². The van der Waals surface area contributed by atoms with Crippen LogP contribution in [0.2, 0.25) is 0 Å². The standard InChI is InChI=1S/C13H18O.2H2S/c1-13(14,12-9-5-6-10-12)11-7-3-2-4-8-11;;/h2-4,7-8,12,14H,5-6,9-10H2,1H3;2*1H2/t13-;;/m0../s1. The Hall–Kier alpha value is -0.120. The van der Waals surface area contributed by atoms with Crippen molar-refractivity contribution in [2.45, 2.75) is 38.2 Å². The lowest BCUT2D eigenvalue weighted by Gasteiger charge is -2.30. The summed E-state index contributed by atoms with van der Waals surface area (Å²) in [5.74, 6) is 0.449. The van der Waals surface area contributed by atoms with Crippen LogP contribution in [0.1, 0.15) is 38.2 Å². The lowest BCUT2D eigenvalue weighted by atomic mass is 9.82. The highest BCUT2D eigenvalue weighted by molar-refractivity contribution is 7.59. The molecule has 1 fully saturated rings. The molecule has 0 heterocycles. The van der Waals surface area contributed by atoms with Gasteiger partial charge in [-0.2, -0.15) is 27.0 Å². The molecular weight excluding hydrogens is 236 g/mol. The van der Waals surface area contributed by atoms with Gasteiger partial charge in [0.2, 0.25) is 0 Å². The summed E-state index contributed by atoms with van der Waals surface area (Å²) in [7, 11) is 0. The zero-order valence-electron chi connectivity index (χ0n) is 9.74. The lowest BCUT2D eigenvalue weighted by Crippen LogP contribution is -2.29. The zero-order valence-corrected chi connectivity index (χ0v) is 11.7. The number of hydrogen-bond donors (Lipinski definition) is 1. The summed E-state index contributed by atoms with van der Waals surface area (Å²) in [6.45, 7) is 1.96. The van der Waals surface area contributed by atoms with Gasteiger partial charge in [0, 0.05) is 0 Å². The van der Waals surface area contributed by atoms with E-state index in [2.05, 4.69) is 0 Å². The molecule has 0 amide bonds. The Balaban J connectivity index is 0.00000112. The van der Waals surface area contributed by atoms with Crippen LogP contribution in [-0.2, 0) is 5.60 Å². The minimum absolute atomic E-state index is 0. The van der Waals surface area contributed by atoms with Crippen molar-refractivity contribution < 1.29 is 5.11 Å². The highest BCUT2D eigenvalue weighted by atomic mass is 32.1. The molecule has 0 saturated heterocycles. The van der Waals surface area contributed by atoms with Gasteiger partial charge in [-0.1, -0.05) is 43.2 Å². The fourth-order valence-corrected chi connectivity index (χ4v) is 2.50. The third-order valence-electron chi connectivity index (χ3n) is 3.51. The molecule has 1 nitrogen and oxygen atoms in total. The number of benzene rings is 1. The summed E-state index contributed by atoms with van der Waals surface area (Å²) < 4.78 is 0. The molecule has 3 heteroatoms. The Bertz CT molecular complexity index is 292. The van der Waals surface area contributed by atoms with Gasteiger partial charge in [0.1, 0.15) is 0 Å². The minimum Gasteiger partial charge on any atom is -0.385 e. The Morgan fingerprint density at radius 2 is 1.56 bits per heavy atom. The van der Waals surface area contributed by atoms with E-state index in [0.717, 1.165) is 5.56 Å². The highest BCUT2D eigenvalue weighted by Crippen LogP contribution is 2.39. The molecule has 0 bridgehead atoms. The van der Waals surface area contributed by atoms with Crippen LogP contribution >= 0.6 is 27.0 Å². The second-order valence-electron chi connectivity index (χ2n) is 4.49. The van der Waals surface area contributed by atoms with Crippen molar-refractivity contribution in [3.8, 4) is 0 Å². The second kappa shape index (κ2) is 6.58. The number of hydrogen-bond acceptors (Lipinski definition) is 1. The molecule has 1 N–H and O–H groups in total. The van der Waals surface area contributed by atoms with Crippen LogP contribution in [-0.4, -0.2) is 5.11 Å². The monoisotopic (exact) mass is 258 g/mol. The molecule has 1 aliphatic rings. The van der Waals surface area contributed by atoms with E-state index < -0.39 is 5.60 Å². The van der Waals surface area contributed by atoms with Crippen molar-refractivity contribution in [2.24, 2.45) is 5.92 Å². The Kier molecular flexibility index (Phi) is 6.53. The van der Waals surface area contributed by atoms with Crippen molar-refractivity contribution in [3.05, 3.63) is 35.9 Å². The van der Waals surface area contributed by atoms with E-state index in [1.807, 2.05) is 37.3 Å². The van der Waals surface area contributed by atoms with Gasteiger partial charge in [0.05, 0.1) is 5.60 Å². The van der Waals surface area contributed by atoms with E-state index in [-0.39, 0.29) is 27.0 Å². The van der Waals surface area contributed by atoms with Crippen molar-refractivity contribution >= 4 is 27.0 Å². The smallest absolute Gasteiger partial charge is 0.0896 e. The van der Waals surface area contributed by atoms with E-state index in [4.69, 9.17) is 0 Å². The molecule has 0 unspecified atom stereocenters. The highest BCUT2D eigenvalue weighted by Gasteiger charge is 2.35. The minimum atomic E-state index is -0.627. The van der Waals surface area contributed by atoms with Crippen molar-refractivity contribution in [1.82, 2.24) is 0 Å². The quantitative estimate of drug-likeness (QED) is 0.863. The Labute approximate surface area is 112 Å². The van der Waals surface area contributed by atoms with Crippen LogP contribution in [0.4, 0.5) is 0 Å². The van der Waals surface area contributed by atoms with E-state index in [0.29, 0.717) is 5.92 Å². The summed E-state index contributed by atoms with van der Waals surface area (Å²) in [5.41, 5.74) is 0.435. The molecule has 1 saturated carbocycles. The number of rotatable bonds is 2. The maximum atomic E-state index is 10.5. The average molecular weight is 258 g/mol. The summed E-state index contributed by atoms with van der Waals surface area (Å²) in [4.78, 5) is 0. The first-order valence-corrected chi connectivity index (χ1v) is 5.49. The largest absolute Gasteiger partial charge is 0.385 e. The van der Waals surface area contributed by atoms with Crippen LogP contribution < -0.4 is 0 Å². The van der Waals surface area contributed by atoms with Gasteiger partial charge in [0.15, 0.2) is 0 Å². The lowest BCUT2D eigenvalue weighted by molar-refractivity contribution is -0.00332. The molecule has 1 aromatic carbocycles. The maximum absolute atomic E-state index is 10.5. The topological polar surface area (TPSA) is 20.2 Å². The average Bonchev–Trinajstić information content (AvgIpc) is 2.72. The van der Waals surface area contributed by atoms with Crippen LogP contribution in [0, 0.1) is 5.92 Å². The summed E-state index contributed by atoms with van der Waals surface area (Å²) in [6, 6.07) is 10.0. The molecule has 92 valence electrons. The Morgan fingerprint density at radius 1 is 1.06 bits per heavy atom. The Morgan fingerprint density at radius 3 is 2.06 bits per heavy atom. The summed E-state index contributed by atoms with van der Waals surface area (Å²) in [5, 5.41) is 10.5. The summed E-state index contributed by atoms with van der Waals surface area (Å²) in [6.07, 6.45) is 4.88. The maximum Gasteiger partial charge on any atom is 0.0896 e. The van der Waals surface area contributed by atoms with E-state index in [9.17, 15) is 5.11 Å². The molecular formula is C13H22OS2. The SMILES string of the molecule is C[C@](O)(c1ccccc1)C1CCCC1.S.S. The first kappa shape index (κ1) is 15.9. The van der Waals surface area contributed by atoms with Crippen LogP contribution in [0.5, 0.6) is 0 Å². The normalized spacial score (nSPS) is 19.4. The van der Waals surface area contributed by atoms with E-state index >= 15 is 0 Å². The van der Waals surface area contributed by atoms with E-state index in [1.165, 1.54) is 25.7 Å². The fraction of sp³-hybridized carbons (Fsp3) is 0.538. The zero-order chi connectivity index (χ0) is 10.0. The van der Waals surface area contributed by atoms with Gasteiger partial charge in [-0.3, -0.25) is 0 Å². The molecule has 1 atom stereocenters. The predicted molar refractivity (Wildman–Crippen MR) is 78.7 cm³/mol. The molecule has 2 rings (SSSR count). The first-order valence-electron chi connectivity index (χ1n) is 5.49. The van der Waals surface area contributed by atoms with E-state index in [1.54, 1.807) is 0 Å². The van der Waals surface area contributed by atoms with Crippen LogP contribution in [0.15, 0.2) is 30.3 Å². The van der Waals surface area contributed by atoms with Crippen molar-refractivity contribution in [3.63, 3.8) is 0 Å². The van der Waals surface area contributed by atoms with Crippen molar-refractivity contribution in [1.29, 1.82) is 0 Å². The molecule has 1 aliphatic carbocycles. The molecule has 0 spiro atoms. The number of aliphatic hydroxyl groups is 1. The fourth-order valence-electron chi connectivity index (χ4n) is 2.50.